The molecule has 20 heavy (non-hydrogen) atoms. The lowest BCUT2D eigenvalue weighted by atomic mass is 9.99. The van der Waals surface area contributed by atoms with Gasteiger partial charge in [0.05, 0.1) is 7.11 Å². The fraction of sp³-hybridized carbons (Fsp3) is 0.200. The number of benzene rings is 2. The van der Waals surface area contributed by atoms with Crippen LogP contribution in [0.15, 0.2) is 45.3 Å². The van der Waals surface area contributed by atoms with Crippen LogP contribution in [0, 0.1) is 0 Å². The standard InChI is InChI=1S/C15H14Br2ClNO/c1-20-11-4-5-13(17)12(8-11)15(19)6-9-2-3-10(16)7-14(9)18/h2-5,7-8,15H,6,19H2,1H3. The lowest BCUT2D eigenvalue weighted by Crippen LogP contribution is -2.14. The largest absolute Gasteiger partial charge is 0.497 e. The van der Waals surface area contributed by atoms with Crippen molar-refractivity contribution in [1.82, 2.24) is 0 Å². The highest BCUT2D eigenvalue weighted by atomic mass is 79.9. The average molecular weight is 420 g/mol. The van der Waals surface area contributed by atoms with E-state index < -0.39 is 0 Å². The molecular formula is C15H14Br2ClNO. The van der Waals surface area contributed by atoms with E-state index in [0.717, 1.165) is 25.8 Å². The Hall–Kier alpha value is -0.550. The first-order valence-corrected chi connectivity index (χ1v) is 8.00. The first-order valence-electron chi connectivity index (χ1n) is 6.04. The van der Waals surface area contributed by atoms with Gasteiger partial charge in [-0.1, -0.05) is 49.5 Å². The molecule has 2 N–H and O–H groups in total. The second-order valence-electron chi connectivity index (χ2n) is 4.43. The van der Waals surface area contributed by atoms with Crippen LogP contribution in [0.5, 0.6) is 5.75 Å². The van der Waals surface area contributed by atoms with Crippen molar-refractivity contribution in [3.8, 4) is 5.75 Å². The van der Waals surface area contributed by atoms with Gasteiger partial charge in [-0.3, -0.25) is 0 Å². The van der Waals surface area contributed by atoms with Crippen LogP contribution in [0.2, 0.25) is 5.02 Å². The van der Waals surface area contributed by atoms with E-state index in [0.29, 0.717) is 11.4 Å². The fourth-order valence-electron chi connectivity index (χ4n) is 1.97. The predicted molar refractivity (Wildman–Crippen MR) is 90.5 cm³/mol. The molecular weight excluding hydrogens is 405 g/mol. The van der Waals surface area contributed by atoms with E-state index >= 15 is 0 Å². The molecule has 0 aliphatic heterocycles. The molecule has 1 unspecified atom stereocenters. The van der Waals surface area contributed by atoms with Crippen LogP contribution in [-0.4, -0.2) is 7.11 Å². The molecule has 0 heterocycles. The zero-order valence-electron chi connectivity index (χ0n) is 10.9. The summed E-state index contributed by atoms with van der Waals surface area (Å²) in [5.74, 6) is 0.792. The van der Waals surface area contributed by atoms with Gasteiger partial charge in [-0.2, -0.15) is 0 Å². The number of halogens is 3. The maximum Gasteiger partial charge on any atom is 0.119 e. The van der Waals surface area contributed by atoms with Gasteiger partial charge >= 0.3 is 0 Å². The summed E-state index contributed by atoms with van der Waals surface area (Å²) in [5.41, 5.74) is 8.33. The summed E-state index contributed by atoms with van der Waals surface area (Å²) in [5, 5.41) is 0.717. The molecule has 0 radical (unpaired) electrons. The molecule has 0 amide bonds. The van der Waals surface area contributed by atoms with Crippen LogP contribution < -0.4 is 10.5 Å². The second-order valence-corrected chi connectivity index (χ2v) is 6.61. The van der Waals surface area contributed by atoms with E-state index in [1.807, 2.05) is 36.4 Å². The molecule has 0 fully saturated rings. The lowest BCUT2D eigenvalue weighted by Gasteiger charge is -2.16. The highest BCUT2D eigenvalue weighted by molar-refractivity contribution is 9.10. The molecule has 0 saturated carbocycles. The SMILES string of the molecule is COc1ccc(Br)c(C(N)Cc2ccc(Br)cc2Cl)c1. The van der Waals surface area contributed by atoms with E-state index in [4.69, 9.17) is 22.1 Å². The molecule has 1 atom stereocenters. The first-order chi connectivity index (χ1) is 9.51. The molecule has 106 valence electrons. The Morgan fingerprint density at radius 2 is 1.95 bits per heavy atom. The van der Waals surface area contributed by atoms with Crippen molar-refractivity contribution in [1.29, 1.82) is 0 Å². The Morgan fingerprint density at radius 1 is 1.20 bits per heavy atom. The van der Waals surface area contributed by atoms with E-state index in [1.54, 1.807) is 7.11 Å². The van der Waals surface area contributed by atoms with Crippen molar-refractivity contribution in [3.05, 3.63) is 61.5 Å². The third-order valence-corrected chi connectivity index (χ3v) is 4.62. The van der Waals surface area contributed by atoms with Gasteiger partial charge in [0.1, 0.15) is 5.75 Å². The molecule has 0 aliphatic carbocycles. The zero-order chi connectivity index (χ0) is 14.7. The van der Waals surface area contributed by atoms with Crippen LogP contribution in [0.25, 0.3) is 0 Å². The Labute approximate surface area is 140 Å². The van der Waals surface area contributed by atoms with Gasteiger partial charge < -0.3 is 10.5 Å². The Balaban J connectivity index is 2.25. The summed E-state index contributed by atoms with van der Waals surface area (Å²) >= 11 is 13.2. The second kappa shape index (κ2) is 6.94. The summed E-state index contributed by atoms with van der Waals surface area (Å²) in [6.45, 7) is 0. The molecule has 2 rings (SSSR count). The van der Waals surface area contributed by atoms with Gasteiger partial charge in [0.25, 0.3) is 0 Å². The fourth-order valence-corrected chi connectivity index (χ4v) is 3.26. The maximum absolute atomic E-state index is 6.30. The van der Waals surface area contributed by atoms with Gasteiger partial charge in [0.15, 0.2) is 0 Å². The minimum atomic E-state index is -0.154. The molecule has 0 spiro atoms. The minimum absolute atomic E-state index is 0.154. The highest BCUT2D eigenvalue weighted by Gasteiger charge is 2.13. The van der Waals surface area contributed by atoms with Crippen molar-refractivity contribution in [2.45, 2.75) is 12.5 Å². The minimum Gasteiger partial charge on any atom is -0.497 e. The number of rotatable bonds is 4. The van der Waals surface area contributed by atoms with Crippen LogP contribution in [-0.2, 0) is 6.42 Å². The van der Waals surface area contributed by atoms with Crippen molar-refractivity contribution in [2.24, 2.45) is 5.73 Å². The summed E-state index contributed by atoms with van der Waals surface area (Å²) in [7, 11) is 1.64. The molecule has 0 aliphatic rings. The Morgan fingerprint density at radius 3 is 2.60 bits per heavy atom. The van der Waals surface area contributed by atoms with Crippen LogP contribution in [0.3, 0.4) is 0 Å². The maximum atomic E-state index is 6.30. The van der Waals surface area contributed by atoms with Crippen molar-refractivity contribution >= 4 is 43.5 Å². The quantitative estimate of drug-likeness (QED) is 0.747. The summed E-state index contributed by atoms with van der Waals surface area (Å²) < 4.78 is 7.17. The molecule has 2 nitrogen and oxygen atoms in total. The van der Waals surface area contributed by atoms with E-state index in [2.05, 4.69) is 31.9 Å². The van der Waals surface area contributed by atoms with Gasteiger partial charge in [0.2, 0.25) is 0 Å². The number of hydrogen-bond donors (Lipinski definition) is 1. The lowest BCUT2D eigenvalue weighted by molar-refractivity contribution is 0.413. The summed E-state index contributed by atoms with van der Waals surface area (Å²) in [6.07, 6.45) is 0.665. The van der Waals surface area contributed by atoms with Gasteiger partial charge in [-0.15, -0.1) is 0 Å². The number of nitrogens with two attached hydrogens (primary N) is 1. The van der Waals surface area contributed by atoms with E-state index in [-0.39, 0.29) is 6.04 Å². The summed E-state index contributed by atoms with van der Waals surface area (Å²) in [6, 6.07) is 11.5. The van der Waals surface area contributed by atoms with E-state index in [9.17, 15) is 0 Å². The number of methoxy groups -OCH3 is 1. The zero-order valence-corrected chi connectivity index (χ0v) is 14.8. The smallest absolute Gasteiger partial charge is 0.119 e. The van der Waals surface area contributed by atoms with Crippen LogP contribution in [0.4, 0.5) is 0 Å². The van der Waals surface area contributed by atoms with Crippen LogP contribution in [0.1, 0.15) is 17.2 Å². The molecule has 0 saturated heterocycles. The third kappa shape index (κ3) is 3.76. The Kier molecular flexibility index (Phi) is 5.49. The Bertz CT molecular complexity index is 619. The van der Waals surface area contributed by atoms with Gasteiger partial charge in [-0.25, -0.2) is 0 Å². The van der Waals surface area contributed by atoms with Crippen molar-refractivity contribution in [3.63, 3.8) is 0 Å². The topological polar surface area (TPSA) is 35.2 Å². The molecule has 0 aromatic heterocycles. The number of ether oxygens (including phenoxy) is 1. The monoisotopic (exact) mass is 417 g/mol. The first kappa shape index (κ1) is 15.8. The predicted octanol–water partition coefficient (Wildman–Crippen LogP) is 5.12. The molecule has 0 bridgehead atoms. The van der Waals surface area contributed by atoms with Gasteiger partial charge in [0, 0.05) is 20.0 Å². The normalized spacial score (nSPS) is 12.2. The number of hydrogen-bond acceptors (Lipinski definition) is 2. The molecule has 5 heteroatoms. The van der Waals surface area contributed by atoms with Crippen LogP contribution >= 0.6 is 43.5 Å². The average Bonchev–Trinajstić information content (AvgIpc) is 2.42. The van der Waals surface area contributed by atoms with E-state index in [1.165, 1.54) is 0 Å². The summed E-state index contributed by atoms with van der Waals surface area (Å²) in [4.78, 5) is 0. The van der Waals surface area contributed by atoms with Gasteiger partial charge in [-0.05, 0) is 47.9 Å². The third-order valence-electron chi connectivity index (χ3n) is 3.06. The molecule has 2 aromatic rings. The van der Waals surface area contributed by atoms with Crippen molar-refractivity contribution in [2.75, 3.05) is 7.11 Å². The van der Waals surface area contributed by atoms with Crippen molar-refractivity contribution < 1.29 is 4.74 Å². The molecule has 2 aromatic carbocycles. The highest BCUT2D eigenvalue weighted by Crippen LogP contribution is 2.30.